The zero-order valence-electron chi connectivity index (χ0n) is 14.3. The van der Waals surface area contributed by atoms with Crippen LogP contribution in [0, 0.1) is 0 Å². The molecule has 0 saturated heterocycles. The summed E-state index contributed by atoms with van der Waals surface area (Å²) in [4.78, 5) is 0.285. The zero-order valence-corrected chi connectivity index (χ0v) is 15.9. The summed E-state index contributed by atoms with van der Waals surface area (Å²) >= 11 is 0.809. The maximum atomic E-state index is 12.7. The lowest BCUT2D eigenvalue weighted by molar-refractivity contribution is -0.141. The molecule has 0 aliphatic heterocycles. The number of hydrogen-bond acceptors (Lipinski definition) is 6. The number of halogens is 3. The Balaban J connectivity index is 1.58. The van der Waals surface area contributed by atoms with Gasteiger partial charge in [-0.05, 0) is 30.3 Å². The SMILES string of the molecule is O=S(=O)(Nc1cccc(-c2ccno2)c1)c1ccc(-c2cc(C(F)(F)F)[nH]n2)s1. The number of aromatic amines is 1. The number of nitrogens with zero attached hydrogens (tertiary/aromatic N) is 2. The van der Waals surface area contributed by atoms with Gasteiger partial charge in [0.1, 0.15) is 15.6 Å². The summed E-state index contributed by atoms with van der Waals surface area (Å²) < 4.78 is 70.9. The van der Waals surface area contributed by atoms with Crippen molar-refractivity contribution in [3.05, 3.63) is 60.4 Å². The highest BCUT2D eigenvalue weighted by atomic mass is 32.2. The Morgan fingerprint density at radius 1 is 1.10 bits per heavy atom. The molecule has 7 nitrogen and oxygen atoms in total. The first-order valence-electron chi connectivity index (χ1n) is 7.99. The number of alkyl halides is 3. The van der Waals surface area contributed by atoms with Crippen LogP contribution < -0.4 is 4.72 Å². The summed E-state index contributed by atoms with van der Waals surface area (Å²) in [6, 6.07) is 11.7. The second-order valence-corrected chi connectivity index (χ2v) is 8.84. The summed E-state index contributed by atoms with van der Waals surface area (Å²) in [5.74, 6) is 0.475. The lowest BCUT2D eigenvalue weighted by atomic mass is 10.1. The smallest absolute Gasteiger partial charge is 0.356 e. The van der Waals surface area contributed by atoms with E-state index in [4.69, 9.17) is 4.52 Å². The van der Waals surface area contributed by atoms with Crippen molar-refractivity contribution in [2.45, 2.75) is 10.4 Å². The van der Waals surface area contributed by atoms with Gasteiger partial charge in [-0.3, -0.25) is 9.82 Å². The molecule has 0 aliphatic carbocycles. The van der Waals surface area contributed by atoms with Gasteiger partial charge in [-0.25, -0.2) is 8.42 Å². The number of anilines is 1. The van der Waals surface area contributed by atoms with Gasteiger partial charge in [0.05, 0.1) is 11.1 Å². The summed E-state index contributed by atoms with van der Waals surface area (Å²) in [6.07, 6.45) is -3.09. The molecule has 0 aliphatic rings. The van der Waals surface area contributed by atoms with Gasteiger partial charge in [-0.2, -0.15) is 18.3 Å². The maximum Gasteiger partial charge on any atom is 0.432 e. The van der Waals surface area contributed by atoms with E-state index in [0.29, 0.717) is 17.0 Å². The third-order valence-corrected chi connectivity index (χ3v) is 6.80. The number of nitrogens with one attached hydrogen (secondary N) is 2. The molecule has 0 bridgehead atoms. The van der Waals surface area contributed by atoms with Gasteiger partial charge in [-0.15, -0.1) is 11.3 Å². The summed E-state index contributed by atoms with van der Waals surface area (Å²) in [5, 5.41) is 9.12. The number of rotatable bonds is 5. The fourth-order valence-corrected chi connectivity index (χ4v) is 4.82. The molecule has 4 aromatic rings. The Morgan fingerprint density at radius 3 is 2.62 bits per heavy atom. The van der Waals surface area contributed by atoms with E-state index < -0.39 is 21.9 Å². The molecule has 0 unspecified atom stereocenters. The lowest BCUT2D eigenvalue weighted by Crippen LogP contribution is -2.11. The zero-order chi connectivity index (χ0) is 20.6. The van der Waals surface area contributed by atoms with Gasteiger partial charge in [0.25, 0.3) is 10.0 Å². The Morgan fingerprint density at radius 2 is 1.93 bits per heavy atom. The first kappa shape index (κ1) is 19.2. The van der Waals surface area contributed by atoms with E-state index in [9.17, 15) is 21.6 Å². The van der Waals surface area contributed by atoms with Crippen molar-refractivity contribution in [1.29, 1.82) is 0 Å². The van der Waals surface area contributed by atoms with Crippen molar-refractivity contribution in [3.63, 3.8) is 0 Å². The van der Waals surface area contributed by atoms with Gasteiger partial charge in [0, 0.05) is 17.3 Å². The molecule has 12 heteroatoms. The van der Waals surface area contributed by atoms with Crippen molar-refractivity contribution in [3.8, 4) is 21.9 Å². The average Bonchev–Trinajstić information content (AvgIpc) is 3.41. The third-order valence-electron chi connectivity index (χ3n) is 3.82. The first-order valence-corrected chi connectivity index (χ1v) is 10.3. The van der Waals surface area contributed by atoms with Crippen LogP contribution in [0.15, 0.2) is 63.5 Å². The van der Waals surface area contributed by atoms with Gasteiger partial charge in [0.2, 0.25) is 0 Å². The van der Waals surface area contributed by atoms with Crippen LogP contribution in [0.2, 0.25) is 0 Å². The predicted octanol–water partition coefficient (Wildman–Crippen LogP) is 4.61. The highest BCUT2D eigenvalue weighted by Gasteiger charge is 2.33. The molecule has 0 amide bonds. The van der Waals surface area contributed by atoms with Crippen molar-refractivity contribution < 1.29 is 26.1 Å². The van der Waals surface area contributed by atoms with Crippen molar-refractivity contribution in [1.82, 2.24) is 15.4 Å². The first-order chi connectivity index (χ1) is 13.7. The second-order valence-electron chi connectivity index (χ2n) is 5.85. The molecule has 2 N–H and O–H groups in total. The molecule has 150 valence electrons. The summed E-state index contributed by atoms with van der Waals surface area (Å²) in [7, 11) is -3.95. The molecule has 0 saturated carbocycles. The van der Waals surface area contributed by atoms with E-state index in [2.05, 4.69) is 15.0 Å². The highest BCUT2D eigenvalue weighted by molar-refractivity contribution is 7.94. The van der Waals surface area contributed by atoms with Crippen LogP contribution in [0.5, 0.6) is 0 Å². The van der Waals surface area contributed by atoms with Crippen LogP contribution >= 0.6 is 11.3 Å². The molecule has 29 heavy (non-hydrogen) atoms. The van der Waals surface area contributed by atoms with Crippen LogP contribution in [0.25, 0.3) is 21.9 Å². The minimum atomic E-state index is -4.56. The highest BCUT2D eigenvalue weighted by Crippen LogP contribution is 2.34. The van der Waals surface area contributed by atoms with Crippen molar-refractivity contribution >= 4 is 27.0 Å². The Hall–Kier alpha value is -3.12. The van der Waals surface area contributed by atoms with Crippen LogP contribution in [0.4, 0.5) is 18.9 Å². The Kier molecular flexibility index (Phi) is 4.67. The van der Waals surface area contributed by atoms with Crippen LogP contribution in [-0.2, 0) is 16.2 Å². The van der Waals surface area contributed by atoms with Crippen LogP contribution in [0.3, 0.4) is 0 Å². The van der Waals surface area contributed by atoms with E-state index >= 15 is 0 Å². The predicted molar refractivity (Wildman–Crippen MR) is 99.7 cm³/mol. The van der Waals surface area contributed by atoms with E-state index in [1.165, 1.54) is 18.3 Å². The van der Waals surface area contributed by atoms with E-state index in [-0.39, 0.29) is 14.8 Å². The Labute approximate surface area is 166 Å². The molecule has 0 radical (unpaired) electrons. The van der Waals surface area contributed by atoms with Crippen LogP contribution in [-0.4, -0.2) is 23.8 Å². The Bertz CT molecular complexity index is 1240. The quantitative estimate of drug-likeness (QED) is 0.472. The minimum absolute atomic E-state index is 0.0103. The fourth-order valence-electron chi connectivity index (χ4n) is 2.50. The lowest BCUT2D eigenvalue weighted by Gasteiger charge is -2.07. The molecule has 1 aromatic carbocycles. The van der Waals surface area contributed by atoms with E-state index in [1.54, 1.807) is 30.3 Å². The number of thiophene rings is 1. The summed E-state index contributed by atoms with van der Waals surface area (Å²) in [5.41, 5.74) is -0.0671. The molecular weight excluding hydrogens is 429 g/mol. The summed E-state index contributed by atoms with van der Waals surface area (Å²) in [6.45, 7) is 0. The van der Waals surface area contributed by atoms with Gasteiger partial charge in [-0.1, -0.05) is 17.3 Å². The molecule has 0 fully saturated rings. The normalized spacial score (nSPS) is 12.2. The van der Waals surface area contributed by atoms with Gasteiger partial charge >= 0.3 is 6.18 Å². The van der Waals surface area contributed by atoms with E-state index in [0.717, 1.165) is 17.4 Å². The maximum absolute atomic E-state index is 12.7. The monoisotopic (exact) mass is 440 g/mol. The average molecular weight is 440 g/mol. The number of sulfonamides is 1. The van der Waals surface area contributed by atoms with Crippen molar-refractivity contribution in [2.75, 3.05) is 4.72 Å². The standard InChI is InChI=1S/C17H11F3N4O3S2/c18-17(19,20)15-9-12(22-23-15)14-4-5-16(28-14)29(25,26)24-11-3-1-2-10(8-11)13-6-7-21-27-13/h1-9,24H,(H,22,23). The van der Waals surface area contributed by atoms with Crippen LogP contribution in [0.1, 0.15) is 5.69 Å². The molecule has 4 rings (SSSR count). The number of benzene rings is 1. The number of aromatic nitrogens is 3. The molecule has 3 aromatic heterocycles. The molecule has 0 spiro atoms. The largest absolute Gasteiger partial charge is 0.432 e. The molecule has 0 atom stereocenters. The second kappa shape index (κ2) is 7.04. The minimum Gasteiger partial charge on any atom is -0.356 e. The molecular formula is C17H11F3N4O3S2. The van der Waals surface area contributed by atoms with Gasteiger partial charge in [0.15, 0.2) is 5.76 Å². The van der Waals surface area contributed by atoms with Gasteiger partial charge < -0.3 is 4.52 Å². The number of hydrogen-bond donors (Lipinski definition) is 2. The third kappa shape index (κ3) is 4.03. The topological polar surface area (TPSA) is 101 Å². The number of H-pyrrole nitrogens is 1. The fraction of sp³-hybridized carbons (Fsp3) is 0.0588. The molecule has 3 heterocycles. The van der Waals surface area contributed by atoms with E-state index in [1.807, 2.05) is 5.10 Å². The van der Waals surface area contributed by atoms with Crippen molar-refractivity contribution in [2.24, 2.45) is 0 Å².